The maximum Gasteiger partial charge on any atom is 0.265 e. The number of anilines is 1. The number of rotatable bonds is 2. The summed E-state index contributed by atoms with van der Waals surface area (Å²) in [5.41, 5.74) is 0.484. The van der Waals surface area contributed by atoms with Gasteiger partial charge in [0.25, 0.3) is 5.91 Å². The summed E-state index contributed by atoms with van der Waals surface area (Å²) in [6.07, 6.45) is 0. The van der Waals surface area contributed by atoms with Crippen LogP contribution in [0.25, 0.3) is 0 Å². The number of hydrogen-bond acceptors (Lipinski definition) is 3. The van der Waals surface area contributed by atoms with Gasteiger partial charge in [-0.2, -0.15) is 0 Å². The number of thiophene rings is 1. The van der Waals surface area contributed by atoms with Crippen LogP contribution in [-0.4, -0.2) is 11.0 Å². The van der Waals surface area contributed by atoms with E-state index in [1.54, 1.807) is 18.2 Å². The summed E-state index contributed by atoms with van der Waals surface area (Å²) >= 11 is 7.22. The zero-order valence-corrected chi connectivity index (χ0v) is 9.68. The second-order valence-electron chi connectivity index (χ2n) is 3.10. The van der Waals surface area contributed by atoms with Crippen LogP contribution in [0.1, 0.15) is 9.67 Å². The Morgan fingerprint density at radius 2 is 2.19 bits per heavy atom. The highest BCUT2D eigenvalue weighted by atomic mass is 35.5. The van der Waals surface area contributed by atoms with Crippen LogP contribution in [0.15, 0.2) is 35.7 Å². The Morgan fingerprint density at radius 1 is 1.38 bits per heavy atom. The molecule has 1 aromatic heterocycles. The van der Waals surface area contributed by atoms with Gasteiger partial charge in [0.2, 0.25) is 0 Å². The molecule has 1 amide bonds. The molecule has 5 heteroatoms. The number of phenolic OH excluding ortho intramolecular Hbond substituents is 1. The number of amides is 1. The van der Waals surface area contributed by atoms with Crippen molar-refractivity contribution in [3.05, 3.63) is 45.6 Å². The average Bonchev–Trinajstić information content (AvgIpc) is 2.75. The van der Waals surface area contributed by atoms with Gasteiger partial charge in [0, 0.05) is 6.07 Å². The zero-order chi connectivity index (χ0) is 11.5. The molecule has 0 saturated carbocycles. The molecule has 0 aliphatic heterocycles. The summed E-state index contributed by atoms with van der Waals surface area (Å²) in [4.78, 5) is 12.3. The molecule has 0 atom stereocenters. The fraction of sp³-hybridized carbons (Fsp3) is 0. The van der Waals surface area contributed by atoms with Crippen molar-refractivity contribution in [2.24, 2.45) is 0 Å². The Labute approximate surface area is 101 Å². The number of nitrogens with one attached hydrogen (secondary N) is 1. The van der Waals surface area contributed by atoms with E-state index in [4.69, 9.17) is 16.7 Å². The van der Waals surface area contributed by atoms with Gasteiger partial charge in [0.1, 0.15) is 5.75 Å². The molecule has 2 aromatic rings. The first kappa shape index (κ1) is 11.0. The molecule has 0 bridgehead atoms. The van der Waals surface area contributed by atoms with Gasteiger partial charge in [0.15, 0.2) is 0 Å². The molecule has 16 heavy (non-hydrogen) atoms. The van der Waals surface area contributed by atoms with E-state index in [0.717, 1.165) is 0 Å². The molecule has 82 valence electrons. The molecule has 0 unspecified atom stereocenters. The lowest BCUT2D eigenvalue weighted by molar-refractivity contribution is 0.103. The highest BCUT2D eigenvalue weighted by Crippen LogP contribution is 2.26. The molecule has 0 aliphatic carbocycles. The number of halogens is 1. The topological polar surface area (TPSA) is 49.3 Å². The number of carbonyl (C=O) groups excluding carboxylic acids is 1. The molecule has 2 rings (SSSR count). The predicted octanol–water partition coefficient (Wildman–Crippen LogP) is 3.36. The number of carbonyl (C=O) groups is 1. The highest BCUT2D eigenvalue weighted by Gasteiger charge is 2.09. The van der Waals surface area contributed by atoms with Gasteiger partial charge in [-0.1, -0.05) is 17.7 Å². The number of benzene rings is 1. The van der Waals surface area contributed by atoms with E-state index in [9.17, 15) is 4.79 Å². The summed E-state index contributed by atoms with van der Waals surface area (Å²) < 4.78 is 0. The van der Waals surface area contributed by atoms with Gasteiger partial charge >= 0.3 is 0 Å². The molecular formula is C11H8ClNO2S. The molecule has 0 radical (unpaired) electrons. The summed E-state index contributed by atoms with van der Waals surface area (Å²) in [5.74, 6) is -0.137. The number of hydrogen-bond donors (Lipinski definition) is 2. The fourth-order valence-electron chi connectivity index (χ4n) is 1.20. The van der Waals surface area contributed by atoms with Crippen molar-refractivity contribution < 1.29 is 9.90 Å². The van der Waals surface area contributed by atoms with Gasteiger partial charge in [-0.05, 0) is 23.6 Å². The molecule has 1 heterocycles. The molecular weight excluding hydrogens is 246 g/mol. The first-order valence-corrected chi connectivity index (χ1v) is 5.76. The average molecular weight is 254 g/mol. The third-order valence-electron chi connectivity index (χ3n) is 1.95. The van der Waals surface area contributed by atoms with Gasteiger partial charge in [-0.3, -0.25) is 4.79 Å². The van der Waals surface area contributed by atoms with E-state index in [1.165, 1.54) is 23.5 Å². The monoisotopic (exact) mass is 253 g/mol. The normalized spacial score (nSPS) is 10.1. The van der Waals surface area contributed by atoms with Gasteiger partial charge in [0.05, 0.1) is 15.6 Å². The summed E-state index contributed by atoms with van der Waals surface area (Å²) in [6.45, 7) is 0. The molecule has 2 N–H and O–H groups in total. The zero-order valence-electron chi connectivity index (χ0n) is 8.11. The largest absolute Gasteiger partial charge is 0.508 e. The van der Waals surface area contributed by atoms with Gasteiger partial charge < -0.3 is 10.4 Å². The minimum absolute atomic E-state index is 0.0686. The maximum atomic E-state index is 11.7. The lowest BCUT2D eigenvalue weighted by Gasteiger charge is -2.05. The minimum atomic E-state index is -0.206. The van der Waals surface area contributed by atoms with Crippen molar-refractivity contribution >= 4 is 34.5 Å². The Balaban J connectivity index is 2.18. The van der Waals surface area contributed by atoms with Crippen molar-refractivity contribution in [3.63, 3.8) is 0 Å². The van der Waals surface area contributed by atoms with Crippen LogP contribution < -0.4 is 5.32 Å². The Hall–Kier alpha value is -1.52. The first-order valence-electron chi connectivity index (χ1n) is 4.50. The first-order chi connectivity index (χ1) is 7.66. The quantitative estimate of drug-likeness (QED) is 0.807. The van der Waals surface area contributed by atoms with E-state index in [0.29, 0.717) is 15.6 Å². The molecule has 0 aliphatic rings. The van der Waals surface area contributed by atoms with Crippen LogP contribution in [0.4, 0.5) is 5.69 Å². The second kappa shape index (κ2) is 4.55. The summed E-state index contributed by atoms with van der Waals surface area (Å²) in [5, 5.41) is 14.0. The van der Waals surface area contributed by atoms with Crippen LogP contribution in [0.3, 0.4) is 0 Å². The third-order valence-corrected chi connectivity index (χ3v) is 3.13. The van der Waals surface area contributed by atoms with Crippen LogP contribution in [0.5, 0.6) is 5.75 Å². The van der Waals surface area contributed by atoms with E-state index in [1.807, 2.05) is 5.38 Å². The Morgan fingerprint density at radius 3 is 2.81 bits per heavy atom. The lowest BCUT2D eigenvalue weighted by atomic mass is 10.3. The predicted molar refractivity (Wildman–Crippen MR) is 65.4 cm³/mol. The maximum absolute atomic E-state index is 11.7. The van der Waals surface area contributed by atoms with Crippen LogP contribution in [0, 0.1) is 0 Å². The van der Waals surface area contributed by atoms with E-state index >= 15 is 0 Å². The van der Waals surface area contributed by atoms with Crippen LogP contribution >= 0.6 is 22.9 Å². The molecule has 0 fully saturated rings. The standard InChI is InChI=1S/C11H8ClNO2S/c12-8-6-7(14)3-4-9(8)13-11(15)10-2-1-5-16-10/h1-6,14H,(H,13,15). The van der Waals surface area contributed by atoms with E-state index in [-0.39, 0.29) is 11.7 Å². The summed E-state index contributed by atoms with van der Waals surface area (Å²) in [6, 6.07) is 7.94. The second-order valence-corrected chi connectivity index (χ2v) is 4.45. The van der Waals surface area contributed by atoms with E-state index in [2.05, 4.69) is 5.32 Å². The van der Waals surface area contributed by atoms with Crippen molar-refractivity contribution in [2.75, 3.05) is 5.32 Å². The number of aromatic hydroxyl groups is 1. The van der Waals surface area contributed by atoms with Crippen LogP contribution in [0.2, 0.25) is 5.02 Å². The smallest absolute Gasteiger partial charge is 0.265 e. The number of phenols is 1. The lowest BCUT2D eigenvalue weighted by Crippen LogP contribution is -2.10. The highest BCUT2D eigenvalue weighted by molar-refractivity contribution is 7.12. The van der Waals surface area contributed by atoms with Gasteiger partial charge in [-0.25, -0.2) is 0 Å². The molecule has 3 nitrogen and oxygen atoms in total. The van der Waals surface area contributed by atoms with Crippen LogP contribution in [-0.2, 0) is 0 Å². The third kappa shape index (κ3) is 2.35. The van der Waals surface area contributed by atoms with Crippen molar-refractivity contribution in [1.29, 1.82) is 0 Å². The molecule has 0 saturated heterocycles. The molecule has 0 spiro atoms. The molecule has 1 aromatic carbocycles. The van der Waals surface area contributed by atoms with Crippen molar-refractivity contribution in [2.45, 2.75) is 0 Å². The summed E-state index contributed by atoms with van der Waals surface area (Å²) in [7, 11) is 0. The van der Waals surface area contributed by atoms with Crippen molar-refractivity contribution in [1.82, 2.24) is 0 Å². The Kier molecular flexibility index (Phi) is 3.12. The van der Waals surface area contributed by atoms with Crippen molar-refractivity contribution in [3.8, 4) is 5.75 Å². The minimum Gasteiger partial charge on any atom is -0.508 e. The SMILES string of the molecule is O=C(Nc1ccc(O)cc1Cl)c1cccs1. The fourth-order valence-corrected chi connectivity index (χ4v) is 2.04. The Bertz CT molecular complexity index is 511. The van der Waals surface area contributed by atoms with E-state index < -0.39 is 0 Å². The van der Waals surface area contributed by atoms with Gasteiger partial charge in [-0.15, -0.1) is 11.3 Å².